The van der Waals surface area contributed by atoms with Gasteiger partial charge in [-0.15, -0.1) is 0 Å². The number of amides is 1. The summed E-state index contributed by atoms with van der Waals surface area (Å²) < 4.78 is 0. The number of carbonyl (C=O) groups is 1. The molecular formula is C14H15N3O. The largest absolute Gasteiger partial charge is 0.337 e. The lowest BCUT2D eigenvalue weighted by Crippen LogP contribution is -2.32. The molecule has 18 heavy (non-hydrogen) atoms. The number of likely N-dealkylation sites (tertiary alicyclic amines) is 1. The van der Waals surface area contributed by atoms with Gasteiger partial charge in [0, 0.05) is 30.7 Å². The van der Waals surface area contributed by atoms with Crippen molar-refractivity contribution < 1.29 is 4.79 Å². The van der Waals surface area contributed by atoms with Gasteiger partial charge in [0.2, 0.25) is 0 Å². The highest BCUT2D eigenvalue weighted by molar-refractivity contribution is 6.05. The summed E-state index contributed by atoms with van der Waals surface area (Å²) in [5.74, 6) is 0.0345. The summed E-state index contributed by atoms with van der Waals surface area (Å²) in [5, 5.41) is 0.992. The van der Waals surface area contributed by atoms with E-state index in [0.29, 0.717) is 12.1 Å². The molecule has 1 aliphatic rings. The molecule has 3 rings (SSSR count). The van der Waals surface area contributed by atoms with E-state index in [1.807, 2.05) is 35.2 Å². The topological polar surface area (TPSA) is 59.2 Å². The van der Waals surface area contributed by atoms with Gasteiger partial charge in [0.1, 0.15) is 0 Å². The van der Waals surface area contributed by atoms with Crippen LogP contribution in [-0.4, -0.2) is 34.9 Å². The molecule has 92 valence electrons. The van der Waals surface area contributed by atoms with Gasteiger partial charge in [-0.05, 0) is 18.6 Å². The third-order valence-electron chi connectivity index (χ3n) is 3.38. The summed E-state index contributed by atoms with van der Waals surface area (Å²) in [4.78, 5) is 18.6. The Balaban J connectivity index is 2.01. The van der Waals surface area contributed by atoms with Gasteiger partial charge in [-0.25, -0.2) is 0 Å². The van der Waals surface area contributed by atoms with Crippen molar-refractivity contribution in [2.75, 3.05) is 13.1 Å². The van der Waals surface area contributed by atoms with Crippen molar-refractivity contribution in [2.45, 2.75) is 12.5 Å². The molecule has 0 aliphatic carbocycles. The molecule has 0 bridgehead atoms. The fourth-order valence-corrected chi connectivity index (χ4v) is 2.42. The van der Waals surface area contributed by atoms with Crippen molar-refractivity contribution in [3.8, 4) is 0 Å². The Labute approximate surface area is 105 Å². The number of benzene rings is 1. The fourth-order valence-electron chi connectivity index (χ4n) is 2.42. The van der Waals surface area contributed by atoms with Crippen LogP contribution in [0.15, 0.2) is 36.5 Å². The number of nitrogens with two attached hydrogens (primary N) is 1. The second-order valence-corrected chi connectivity index (χ2v) is 4.68. The van der Waals surface area contributed by atoms with Gasteiger partial charge >= 0.3 is 0 Å². The predicted octanol–water partition coefficient (Wildman–Crippen LogP) is 1.41. The highest BCUT2D eigenvalue weighted by Crippen LogP contribution is 2.19. The summed E-state index contributed by atoms with van der Waals surface area (Å²) in [6.07, 6.45) is 2.60. The van der Waals surface area contributed by atoms with Crippen molar-refractivity contribution in [2.24, 2.45) is 5.73 Å². The van der Waals surface area contributed by atoms with Crippen LogP contribution < -0.4 is 5.73 Å². The SMILES string of the molecule is NC1CCN(C(=O)c2cccc3cccnc23)C1. The van der Waals surface area contributed by atoms with Crippen LogP contribution in [0.4, 0.5) is 0 Å². The Morgan fingerprint density at radius 2 is 2.17 bits per heavy atom. The molecule has 2 aromatic rings. The van der Waals surface area contributed by atoms with Crippen LogP contribution in [0.3, 0.4) is 0 Å². The lowest BCUT2D eigenvalue weighted by Gasteiger charge is -2.16. The van der Waals surface area contributed by atoms with Crippen molar-refractivity contribution in [1.82, 2.24) is 9.88 Å². The molecule has 0 saturated carbocycles. The van der Waals surface area contributed by atoms with Crippen molar-refractivity contribution in [3.05, 3.63) is 42.1 Å². The average Bonchev–Trinajstić information content (AvgIpc) is 2.84. The number of pyridine rings is 1. The van der Waals surface area contributed by atoms with Crippen molar-refractivity contribution >= 4 is 16.8 Å². The number of hydrogen-bond acceptors (Lipinski definition) is 3. The van der Waals surface area contributed by atoms with Crippen LogP contribution in [0.2, 0.25) is 0 Å². The van der Waals surface area contributed by atoms with E-state index in [1.54, 1.807) is 6.20 Å². The summed E-state index contributed by atoms with van der Waals surface area (Å²) in [5.41, 5.74) is 7.28. The van der Waals surface area contributed by atoms with Gasteiger partial charge in [-0.1, -0.05) is 18.2 Å². The van der Waals surface area contributed by atoms with Gasteiger partial charge in [0.15, 0.2) is 0 Å². The molecule has 2 N–H and O–H groups in total. The van der Waals surface area contributed by atoms with Gasteiger partial charge in [-0.3, -0.25) is 9.78 Å². The molecule has 0 radical (unpaired) electrons. The minimum absolute atomic E-state index is 0.0345. The Morgan fingerprint density at radius 3 is 2.94 bits per heavy atom. The molecule has 1 saturated heterocycles. The molecule has 4 heteroatoms. The Bertz CT molecular complexity index is 591. The first kappa shape index (κ1) is 11.2. The first-order valence-electron chi connectivity index (χ1n) is 6.14. The lowest BCUT2D eigenvalue weighted by atomic mass is 10.1. The normalized spacial score (nSPS) is 19.4. The quantitative estimate of drug-likeness (QED) is 0.821. The molecule has 2 heterocycles. The number of fused-ring (bicyclic) bond motifs is 1. The van der Waals surface area contributed by atoms with Crippen LogP contribution in [0.1, 0.15) is 16.8 Å². The Hall–Kier alpha value is -1.94. The molecule has 4 nitrogen and oxygen atoms in total. The molecule has 0 spiro atoms. The molecule has 1 amide bonds. The van der Waals surface area contributed by atoms with Gasteiger partial charge in [0.25, 0.3) is 5.91 Å². The third kappa shape index (κ3) is 1.84. The zero-order valence-corrected chi connectivity index (χ0v) is 10.0. The van der Waals surface area contributed by atoms with Crippen LogP contribution in [-0.2, 0) is 0 Å². The van der Waals surface area contributed by atoms with E-state index in [1.165, 1.54) is 0 Å². The van der Waals surface area contributed by atoms with E-state index in [-0.39, 0.29) is 11.9 Å². The van der Waals surface area contributed by atoms with Gasteiger partial charge in [0.05, 0.1) is 11.1 Å². The minimum Gasteiger partial charge on any atom is -0.337 e. The van der Waals surface area contributed by atoms with Crippen LogP contribution in [0, 0.1) is 0 Å². The van der Waals surface area contributed by atoms with E-state index in [9.17, 15) is 4.79 Å². The molecule has 1 aliphatic heterocycles. The monoisotopic (exact) mass is 241 g/mol. The maximum atomic E-state index is 12.4. The summed E-state index contributed by atoms with van der Waals surface area (Å²) >= 11 is 0. The zero-order valence-electron chi connectivity index (χ0n) is 10.0. The molecule has 1 fully saturated rings. The molecule has 1 atom stereocenters. The Kier molecular flexibility index (Phi) is 2.72. The average molecular weight is 241 g/mol. The second kappa shape index (κ2) is 4.38. The maximum absolute atomic E-state index is 12.4. The smallest absolute Gasteiger partial charge is 0.256 e. The van der Waals surface area contributed by atoms with E-state index in [4.69, 9.17) is 5.73 Å². The maximum Gasteiger partial charge on any atom is 0.256 e. The van der Waals surface area contributed by atoms with Crippen LogP contribution in [0.25, 0.3) is 10.9 Å². The van der Waals surface area contributed by atoms with Crippen LogP contribution in [0.5, 0.6) is 0 Å². The summed E-state index contributed by atoms with van der Waals surface area (Å²) in [7, 11) is 0. The predicted molar refractivity (Wildman–Crippen MR) is 70.2 cm³/mol. The van der Waals surface area contributed by atoms with E-state index < -0.39 is 0 Å². The molecule has 1 aromatic carbocycles. The van der Waals surface area contributed by atoms with E-state index in [2.05, 4.69) is 4.98 Å². The summed E-state index contributed by atoms with van der Waals surface area (Å²) in [6.45, 7) is 1.38. The molecular weight excluding hydrogens is 226 g/mol. The number of para-hydroxylation sites is 1. The van der Waals surface area contributed by atoms with Crippen LogP contribution >= 0.6 is 0 Å². The highest BCUT2D eigenvalue weighted by atomic mass is 16.2. The minimum atomic E-state index is 0.0345. The number of hydrogen-bond donors (Lipinski definition) is 1. The summed E-state index contributed by atoms with van der Waals surface area (Å²) in [6, 6.07) is 9.65. The second-order valence-electron chi connectivity index (χ2n) is 4.68. The standard InChI is InChI=1S/C14H15N3O/c15-11-6-8-17(9-11)14(18)12-5-1-3-10-4-2-7-16-13(10)12/h1-5,7,11H,6,8-9,15H2. The van der Waals surface area contributed by atoms with E-state index in [0.717, 1.165) is 23.9 Å². The number of carbonyl (C=O) groups excluding carboxylic acids is 1. The number of aromatic nitrogens is 1. The Morgan fingerprint density at radius 1 is 1.33 bits per heavy atom. The molecule has 1 unspecified atom stereocenters. The number of nitrogens with zero attached hydrogens (tertiary/aromatic N) is 2. The van der Waals surface area contributed by atoms with E-state index >= 15 is 0 Å². The first-order chi connectivity index (χ1) is 8.75. The number of rotatable bonds is 1. The zero-order chi connectivity index (χ0) is 12.5. The van der Waals surface area contributed by atoms with Crippen molar-refractivity contribution in [1.29, 1.82) is 0 Å². The lowest BCUT2D eigenvalue weighted by molar-refractivity contribution is 0.0792. The molecule has 1 aromatic heterocycles. The highest BCUT2D eigenvalue weighted by Gasteiger charge is 2.25. The van der Waals surface area contributed by atoms with Gasteiger partial charge in [-0.2, -0.15) is 0 Å². The first-order valence-corrected chi connectivity index (χ1v) is 6.14. The third-order valence-corrected chi connectivity index (χ3v) is 3.38. The van der Waals surface area contributed by atoms with Gasteiger partial charge < -0.3 is 10.6 Å². The van der Waals surface area contributed by atoms with Crippen molar-refractivity contribution in [3.63, 3.8) is 0 Å². The fraction of sp³-hybridized carbons (Fsp3) is 0.286.